The van der Waals surface area contributed by atoms with Crippen LogP contribution in [0, 0.1) is 5.92 Å². The van der Waals surface area contributed by atoms with Gasteiger partial charge in [0.25, 0.3) is 5.91 Å². The van der Waals surface area contributed by atoms with Crippen molar-refractivity contribution in [1.29, 1.82) is 0 Å². The molecule has 0 aromatic heterocycles. The Kier molecular flexibility index (Phi) is 7.75. The molecule has 0 saturated heterocycles. The first kappa shape index (κ1) is 21.2. The number of amides is 2. The van der Waals surface area contributed by atoms with Gasteiger partial charge in [-0.2, -0.15) is 0 Å². The molecule has 28 heavy (non-hydrogen) atoms. The van der Waals surface area contributed by atoms with Gasteiger partial charge < -0.3 is 15.4 Å². The Hall–Kier alpha value is -3.15. The largest absolute Gasteiger partial charge is 0.484 e. The molecule has 0 aliphatic heterocycles. The summed E-state index contributed by atoms with van der Waals surface area (Å²) < 4.78 is 5.42. The zero-order valence-corrected chi connectivity index (χ0v) is 16.5. The second kappa shape index (κ2) is 10.3. The van der Waals surface area contributed by atoms with Crippen LogP contribution in [0.1, 0.15) is 43.1 Å². The highest BCUT2D eigenvalue weighted by Crippen LogP contribution is 2.13. The molecule has 6 nitrogen and oxygen atoms in total. The van der Waals surface area contributed by atoms with Crippen molar-refractivity contribution in [3.8, 4) is 5.75 Å². The van der Waals surface area contributed by atoms with Crippen LogP contribution >= 0.6 is 0 Å². The van der Waals surface area contributed by atoms with E-state index in [2.05, 4.69) is 10.6 Å². The molecule has 0 unspecified atom stereocenters. The number of ketones is 1. The molecule has 2 aromatic rings. The summed E-state index contributed by atoms with van der Waals surface area (Å²) in [4.78, 5) is 35.1. The van der Waals surface area contributed by atoms with Gasteiger partial charge in [-0.25, -0.2) is 0 Å². The number of carbonyl (C=O) groups is 3. The third-order valence-electron chi connectivity index (χ3n) is 3.92. The lowest BCUT2D eigenvalue weighted by atomic mass is 10.1. The second-order valence-corrected chi connectivity index (χ2v) is 6.99. The molecular formula is C22H26N2O4. The Balaban J connectivity index is 1.79. The maximum Gasteiger partial charge on any atom is 0.258 e. The number of hydrogen-bond acceptors (Lipinski definition) is 4. The molecule has 0 heterocycles. The lowest BCUT2D eigenvalue weighted by Gasteiger charge is -2.10. The van der Waals surface area contributed by atoms with E-state index in [1.807, 2.05) is 38.1 Å². The molecule has 2 N–H and O–H groups in total. The highest BCUT2D eigenvalue weighted by Gasteiger charge is 2.07. The standard InChI is InChI=1S/C22H26N2O4/c1-15(2)11-21(26)24-19-6-4-5-17(12-19)13-23-22(27)14-28-20-9-7-18(8-10-20)16(3)25/h4-10,12,15H,11,13-14H2,1-3H3,(H,23,27)(H,24,26). The van der Waals surface area contributed by atoms with Crippen LogP contribution in [-0.2, 0) is 16.1 Å². The van der Waals surface area contributed by atoms with Gasteiger partial charge in [0.2, 0.25) is 5.91 Å². The van der Waals surface area contributed by atoms with E-state index in [0.29, 0.717) is 35.9 Å². The zero-order valence-electron chi connectivity index (χ0n) is 16.5. The number of rotatable bonds is 9. The van der Waals surface area contributed by atoms with Crippen molar-refractivity contribution >= 4 is 23.3 Å². The lowest BCUT2D eigenvalue weighted by Crippen LogP contribution is -2.28. The number of Topliss-reactive ketones (excluding diaryl/α,β-unsaturated/α-hetero) is 1. The molecular weight excluding hydrogens is 356 g/mol. The van der Waals surface area contributed by atoms with Crippen LogP contribution in [0.15, 0.2) is 48.5 Å². The van der Waals surface area contributed by atoms with Crippen LogP contribution in [0.4, 0.5) is 5.69 Å². The molecule has 0 atom stereocenters. The summed E-state index contributed by atoms with van der Waals surface area (Å²) in [6, 6.07) is 14.0. The van der Waals surface area contributed by atoms with Gasteiger partial charge in [-0.15, -0.1) is 0 Å². The van der Waals surface area contributed by atoms with E-state index >= 15 is 0 Å². The van der Waals surface area contributed by atoms with Crippen LogP contribution in [-0.4, -0.2) is 24.2 Å². The summed E-state index contributed by atoms with van der Waals surface area (Å²) in [6.07, 6.45) is 0.464. The van der Waals surface area contributed by atoms with Crippen LogP contribution in [0.3, 0.4) is 0 Å². The normalized spacial score (nSPS) is 10.4. The SMILES string of the molecule is CC(=O)c1ccc(OCC(=O)NCc2cccc(NC(=O)CC(C)C)c2)cc1. The van der Waals surface area contributed by atoms with Gasteiger partial charge in [-0.05, 0) is 54.8 Å². The molecule has 6 heteroatoms. The zero-order chi connectivity index (χ0) is 20.5. The quantitative estimate of drug-likeness (QED) is 0.650. The van der Waals surface area contributed by atoms with E-state index in [0.717, 1.165) is 5.56 Å². The summed E-state index contributed by atoms with van der Waals surface area (Å²) in [6.45, 7) is 5.69. The van der Waals surface area contributed by atoms with Gasteiger partial charge in [0.1, 0.15) is 5.75 Å². The summed E-state index contributed by atoms with van der Waals surface area (Å²) in [5.41, 5.74) is 2.18. The highest BCUT2D eigenvalue weighted by molar-refractivity contribution is 5.94. The molecule has 0 aliphatic carbocycles. The summed E-state index contributed by atoms with van der Waals surface area (Å²) in [5.74, 6) is 0.508. The monoisotopic (exact) mass is 382 g/mol. The van der Waals surface area contributed by atoms with Crippen LogP contribution in [0.25, 0.3) is 0 Å². The summed E-state index contributed by atoms with van der Waals surface area (Å²) in [7, 11) is 0. The Labute approximate surface area is 165 Å². The van der Waals surface area contributed by atoms with Crippen molar-refractivity contribution in [2.75, 3.05) is 11.9 Å². The Bertz CT molecular complexity index is 829. The Morgan fingerprint density at radius 2 is 1.71 bits per heavy atom. The maximum atomic E-state index is 12.0. The number of carbonyl (C=O) groups excluding carboxylic acids is 3. The Morgan fingerprint density at radius 1 is 1.00 bits per heavy atom. The van der Waals surface area contributed by atoms with E-state index in [1.54, 1.807) is 24.3 Å². The predicted molar refractivity (Wildman–Crippen MR) is 108 cm³/mol. The topological polar surface area (TPSA) is 84.5 Å². The predicted octanol–water partition coefficient (Wildman–Crippen LogP) is 3.57. The fourth-order valence-electron chi connectivity index (χ4n) is 2.53. The van der Waals surface area contributed by atoms with E-state index < -0.39 is 0 Å². The lowest BCUT2D eigenvalue weighted by molar-refractivity contribution is -0.123. The van der Waals surface area contributed by atoms with E-state index in [1.165, 1.54) is 6.92 Å². The molecule has 2 amide bonds. The molecule has 0 saturated carbocycles. The number of ether oxygens (including phenoxy) is 1. The molecule has 148 valence electrons. The van der Waals surface area contributed by atoms with Gasteiger partial charge in [0, 0.05) is 24.2 Å². The first-order valence-electron chi connectivity index (χ1n) is 9.23. The van der Waals surface area contributed by atoms with Gasteiger partial charge in [0.15, 0.2) is 12.4 Å². The van der Waals surface area contributed by atoms with Gasteiger partial charge >= 0.3 is 0 Å². The molecule has 0 bridgehead atoms. The number of anilines is 1. The molecule has 2 rings (SSSR count). The molecule has 0 fully saturated rings. The molecule has 2 aromatic carbocycles. The third-order valence-corrected chi connectivity index (χ3v) is 3.92. The van der Waals surface area contributed by atoms with Gasteiger partial charge in [-0.1, -0.05) is 26.0 Å². The number of nitrogens with one attached hydrogen (secondary N) is 2. The summed E-state index contributed by atoms with van der Waals surface area (Å²) >= 11 is 0. The van der Waals surface area contributed by atoms with E-state index in [9.17, 15) is 14.4 Å². The van der Waals surface area contributed by atoms with Crippen molar-refractivity contribution < 1.29 is 19.1 Å². The second-order valence-electron chi connectivity index (χ2n) is 6.99. The minimum Gasteiger partial charge on any atom is -0.484 e. The fourth-order valence-corrected chi connectivity index (χ4v) is 2.53. The minimum absolute atomic E-state index is 0.0214. The van der Waals surface area contributed by atoms with Crippen LogP contribution in [0.5, 0.6) is 5.75 Å². The van der Waals surface area contributed by atoms with Crippen LogP contribution < -0.4 is 15.4 Å². The Morgan fingerprint density at radius 3 is 2.36 bits per heavy atom. The molecule has 0 aliphatic rings. The smallest absolute Gasteiger partial charge is 0.258 e. The van der Waals surface area contributed by atoms with E-state index in [4.69, 9.17) is 4.74 Å². The fraction of sp³-hybridized carbons (Fsp3) is 0.318. The van der Waals surface area contributed by atoms with Gasteiger partial charge in [0.05, 0.1) is 0 Å². The first-order valence-corrected chi connectivity index (χ1v) is 9.23. The van der Waals surface area contributed by atoms with Crippen molar-refractivity contribution in [3.63, 3.8) is 0 Å². The average Bonchev–Trinajstić information content (AvgIpc) is 2.64. The average molecular weight is 382 g/mol. The van der Waals surface area contributed by atoms with Crippen molar-refractivity contribution in [3.05, 3.63) is 59.7 Å². The minimum atomic E-state index is -0.259. The molecule has 0 spiro atoms. The number of hydrogen-bond donors (Lipinski definition) is 2. The highest BCUT2D eigenvalue weighted by atomic mass is 16.5. The third kappa shape index (κ3) is 7.23. The summed E-state index contributed by atoms with van der Waals surface area (Å²) in [5, 5.41) is 5.64. The van der Waals surface area contributed by atoms with Crippen molar-refractivity contribution in [2.24, 2.45) is 5.92 Å². The maximum absolute atomic E-state index is 12.0. The van der Waals surface area contributed by atoms with Crippen molar-refractivity contribution in [1.82, 2.24) is 5.32 Å². The first-order chi connectivity index (χ1) is 13.3. The van der Waals surface area contributed by atoms with Crippen LogP contribution in [0.2, 0.25) is 0 Å². The molecule has 0 radical (unpaired) electrons. The van der Waals surface area contributed by atoms with E-state index in [-0.39, 0.29) is 24.2 Å². The number of benzene rings is 2. The van der Waals surface area contributed by atoms with Gasteiger partial charge in [-0.3, -0.25) is 14.4 Å². The van der Waals surface area contributed by atoms with Crippen molar-refractivity contribution in [2.45, 2.75) is 33.7 Å².